The van der Waals surface area contributed by atoms with Crippen molar-refractivity contribution in [2.75, 3.05) is 18.0 Å². The number of anilines is 1. The van der Waals surface area contributed by atoms with Crippen molar-refractivity contribution in [3.05, 3.63) is 88.8 Å². The molecule has 1 aliphatic heterocycles. The monoisotopic (exact) mass is 514 g/mol. The Hall–Kier alpha value is -3.68. The zero-order chi connectivity index (χ0) is 25.8. The molecule has 1 saturated heterocycles. The van der Waals surface area contributed by atoms with E-state index >= 15 is 0 Å². The lowest BCUT2D eigenvalue weighted by Gasteiger charge is -2.29. The predicted octanol–water partition coefficient (Wildman–Crippen LogP) is 6.16. The second-order valence-electron chi connectivity index (χ2n) is 9.40. The SMILES string of the molecule is Cc1cc(-c2ccc(CO)cc2)ccc1COc1ccccc1-c1csc(N2CCC(C(=O)O)CC2)n1. The number of aryl methyl sites for hydroxylation is 1. The molecular formula is C30H30N2O4S. The minimum absolute atomic E-state index is 0.0464. The fourth-order valence-corrected chi connectivity index (χ4v) is 5.53. The highest BCUT2D eigenvalue weighted by atomic mass is 32.1. The summed E-state index contributed by atoms with van der Waals surface area (Å²) in [5.74, 6) is -0.173. The fraction of sp³-hybridized carbons (Fsp3) is 0.267. The van der Waals surface area contributed by atoms with Gasteiger partial charge in [-0.1, -0.05) is 54.6 Å². The van der Waals surface area contributed by atoms with Crippen LogP contribution in [0.2, 0.25) is 0 Å². The van der Waals surface area contributed by atoms with Gasteiger partial charge in [0, 0.05) is 24.0 Å². The van der Waals surface area contributed by atoms with Crippen LogP contribution < -0.4 is 9.64 Å². The molecule has 0 saturated carbocycles. The molecule has 6 nitrogen and oxygen atoms in total. The number of aliphatic hydroxyl groups excluding tert-OH is 1. The van der Waals surface area contributed by atoms with Crippen molar-refractivity contribution in [1.82, 2.24) is 4.98 Å². The maximum Gasteiger partial charge on any atom is 0.306 e. The number of aromatic nitrogens is 1. The summed E-state index contributed by atoms with van der Waals surface area (Å²) in [6.07, 6.45) is 1.30. The first-order valence-corrected chi connectivity index (χ1v) is 13.3. The van der Waals surface area contributed by atoms with Crippen LogP contribution in [0.3, 0.4) is 0 Å². The molecule has 0 atom stereocenters. The van der Waals surface area contributed by atoms with Crippen LogP contribution in [0.15, 0.2) is 72.1 Å². The molecule has 1 aromatic heterocycles. The van der Waals surface area contributed by atoms with Crippen LogP contribution in [0.5, 0.6) is 5.75 Å². The van der Waals surface area contributed by atoms with Crippen molar-refractivity contribution in [3.63, 3.8) is 0 Å². The zero-order valence-electron chi connectivity index (χ0n) is 20.8. The molecule has 3 aromatic carbocycles. The summed E-state index contributed by atoms with van der Waals surface area (Å²) in [7, 11) is 0. The number of hydrogen-bond acceptors (Lipinski definition) is 6. The Labute approximate surface area is 220 Å². The lowest BCUT2D eigenvalue weighted by atomic mass is 9.97. The quantitative estimate of drug-likeness (QED) is 0.293. The third-order valence-corrected chi connectivity index (χ3v) is 7.87. The van der Waals surface area contributed by atoms with Gasteiger partial charge in [-0.15, -0.1) is 11.3 Å². The number of para-hydroxylation sites is 1. The first-order valence-electron chi connectivity index (χ1n) is 12.5. The number of carboxylic acids is 1. The molecule has 0 spiro atoms. The Kier molecular flexibility index (Phi) is 7.53. The lowest BCUT2D eigenvalue weighted by Crippen LogP contribution is -2.36. The normalized spacial score (nSPS) is 14.1. The molecule has 1 fully saturated rings. The van der Waals surface area contributed by atoms with Crippen LogP contribution in [0.4, 0.5) is 5.13 Å². The van der Waals surface area contributed by atoms with Crippen LogP contribution >= 0.6 is 11.3 Å². The summed E-state index contributed by atoms with van der Waals surface area (Å²) in [4.78, 5) is 18.3. The maximum absolute atomic E-state index is 11.3. The van der Waals surface area contributed by atoms with E-state index in [0.29, 0.717) is 32.5 Å². The van der Waals surface area contributed by atoms with Gasteiger partial charge >= 0.3 is 5.97 Å². The van der Waals surface area contributed by atoms with Gasteiger partial charge in [-0.2, -0.15) is 0 Å². The van der Waals surface area contributed by atoms with Gasteiger partial charge in [0.15, 0.2) is 5.13 Å². The van der Waals surface area contributed by atoms with Gasteiger partial charge in [0.25, 0.3) is 0 Å². The summed E-state index contributed by atoms with van der Waals surface area (Å²) in [5, 5.41) is 21.5. The van der Waals surface area contributed by atoms with Crippen molar-refractivity contribution in [3.8, 4) is 28.1 Å². The second-order valence-corrected chi connectivity index (χ2v) is 10.2. The number of aliphatic carboxylic acids is 1. The van der Waals surface area contributed by atoms with Crippen LogP contribution in [0, 0.1) is 12.8 Å². The zero-order valence-corrected chi connectivity index (χ0v) is 21.6. The standard InChI is InChI=1S/C30H30N2O4S/c1-20-16-24(22-8-6-21(17-33)7-9-22)10-11-25(20)18-36-28-5-3-2-4-26(28)27-19-37-30(31-27)32-14-12-23(13-15-32)29(34)35/h2-11,16,19,23,33H,12-15,17-18H2,1H3,(H,34,35). The number of thiazole rings is 1. The van der Waals surface area contributed by atoms with E-state index in [1.165, 1.54) is 0 Å². The first-order chi connectivity index (χ1) is 18.0. The minimum atomic E-state index is -0.702. The molecular weight excluding hydrogens is 484 g/mol. The van der Waals surface area contributed by atoms with E-state index in [0.717, 1.165) is 50.0 Å². The molecule has 5 rings (SSSR count). The summed E-state index contributed by atoms with van der Waals surface area (Å²) < 4.78 is 6.29. The van der Waals surface area contributed by atoms with E-state index < -0.39 is 5.97 Å². The lowest BCUT2D eigenvalue weighted by molar-refractivity contribution is -0.142. The van der Waals surface area contributed by atoms with Gasteiger partial charge in [-0.3, -0.25) is 4.79 Å². The molecule has 0 bridgehead atoms. The number of hydrogen-bond donors (Lipinski definition) is 2. The molecule has 7 heteroatoms. The van der Waals surface area contributed by atoms with Gasteiger partial charge in [0.2, 0.25) is 0 Å². The van der Waals surface area contributed by atoms with Crippen molar-refractivity contribution in [1.29, 1.82) is 0 Å². The van der Waals surface area contributed by atoms with E-state index in [1.807, 2.05) is 53.9 Å². The number of nitrogens with zero attached hydrogens (tertiary/aromatic N) is 2. The smallest absolute Gasteiger partial charge is 0.306 e. The van der Waals surface area contributed by atoms with Crippen LogP contribution in [0.1, 0.15) is 29.5 Å². The molecule has 0 unspecified atom stereocenters. The number of carbonyl (C=O) groups is 1. The highest BCUT2D eigenvalue weighted by Gasteiger charge is 2.26. The minimum Gasteiger partial charge on any atom is -0.488 e. The van der Waals surface area contributed by atoms with Crippen molar-refractivity contribution < 1.29 is 19.7 Å². The molecule has 2 heterocycles. The molecule has 2 N–H and O–H groups in total. The number of ether oxygens (including phenoxy) is 1. The van der Waals surface area contributed by atoms with Gasteiger partial charge in [-0.25, -0.2) is 4.98 Å². The molecule has 0 aliphatic carbocycles. The number of carboxylic acid groups (broad SMARTS) is 1. The predicted molar refractivity (Wildman–Crippen MR) is 147 cm³/mol. The molecule has 4 aromatic rings. The van der Waals surface area contributed by atoms with Gasteiger partial charge in [0.1, 0.15) is 12.4 Å². The van der Waals surface area contributed by atoms with E-state index in [1.54, 1.807) is 11.3 Å². The van der Waals surface area contributed by atoms with Gasteiger partial charge in [-0.05, 0) is 59.7 Å². The highest BCUT2D eigenvalue weighted by Crippen LogP contribution is 2.35. The third-order valence-electron chi connectivity index (χ3n) is 6.97. The fourth-order valence-electron chi connectivity index (χ4n) is 4.65. The van der Waals surface area contributed by atoms with Crippen LogP contribution in [0.25, 0.3) is 22.4 Å². The van der Waals surface area contributed by atoms with Crippen molar-refractivity contribution >= 4 is 22.4 Å². The average molecular weight is 515 g/mol. The summed E-state index contributed by atoms with van der Waals surface area (Å²) >= 11 is 1.59. The molecule has 1 aliphatic rings. The van der Waals surface area contributed by atoms with Gasteiger partial charge in [0.05, 0.1) is 18.2 Å². The molecule has 0 amide bonds. The molecule has 37 heavy (non-hydrogen) atoms. The van der Waals surface area contributed by atoms with Crippen molar-refractivity contribution in [2.24, 2.45) is 5.92 Å². The third kappa shape index (κ3) is 5.68. The average Bonchev–Trinajstić information content (AvgIpc) is 3.43. The van der Waals surface area contributed by atoms with Crippen LogP contribution in [-0.4, -0.2) is 34.3 Å². The van der Waals surface area contributed by atoms with Gasteiger partial charge < -0.3 is 19.8 Å². The summed E-state index contributed by atoms with van der Waals surface area (Å²) in [6.45, 7) is 4.01. The number of rotatable bonds is 8. The number of piperidine rings is 1. The van der Waals surface area contributed by atoms with E-state index in [2.05, 4.69) is 30.0 Å². The van der Waals surface area contributed by atoms with E-state index in [4.69, 9.17) is 9.72 Å². The second kappa shape index (κ2) is 11.2. The number of aliphatic hydroxyl groups is 1. The van der Waals surface area contributed by atoms with E-state index in [9.17, 15) is 15.0 Å². The van der Waals surface area contributed by atoms with E-state index in [-0.39, 0.29) is 12.5 Å². The Morgan fingerprint density at radius 1 is 1.05 bits per heavy atom. The summed E-state index contributed by atoms with van der Waals surface area (Å²) in [6, 6.07) is 22.3. The Morgan fingerprint density at radius 3 is 2.49 bits per heavy atom. The Balaban J connectivity index is 1.27. The van der Waals surface area contributed by atoms with Crippen LogP contribution in [-0.2, 0) is 18.0 Å². The number of benzene rings is 3. The molecule has 0 radical (unpaired) electrons. The first kappa shape index (κ1) is 25.0. The Bertz CT molecular complexity index is 1370. The summed E-state index contributed by atoms with van der Waals surface area (Å²) in [5.41, 5.74) is 7.24. The maximum atomic E-state index is 11.3. The highest BCUT2D eigenvalue weighted by molar-refractivity contribution is 7.14. The Morgan fingerprint density at radius 2 is 1.78 bits per heavy atom. The topological polar surface area (TPSA) is 82.9 Å². The molecule has 190 valence electrons. The van der Waals surface area contributed by atoms with Crippen molar-refractivity contribution in [2.45, 2.75) is 33.0 Å². The largest absolute Gasteiger partial charge is 0.488 e.